The molecule has 0 heterocycles. The molecule has 0 unspecified atom stereocenters. The van der Waals surface area contributed by atoms with Gasteiger partial charge < -0.3 is 15.7 Å². The first-order valence-electron chi connectivity index (χ1n) is 6.99. The predicted molar refractivity (Wildman–Crippen MR) is 83.4 cm³/mol. The SMILES string of the molecule is CCN(Cc1ccc(CO)cc1)c1ccc(CN)cc1. The molecule has 106 valence electrons. The first-order valence-corrected chi connectivity index (χ1v) is 6.99. The van der Waals surface area contributed by atoms with Crippen molar-refractivity contribution in [3.8, 4) is 0 Å². The Labute approximate surface area is 120 Å². The lowest BCUT2D eigenvalue weighted by atomic mass is 10.1. The molecule has 0 spiro atoms. The zero-order valence-corrected chi connectivity index (χ0v) is 11.9. The van der Waals surface area contributed by atoms with Crippen molar-refractivity contribution < 1.29 is 5.11 Å². The van der Waals surface area contributed by atoms with Crippen LogP contribution in [-0.2, 0) is 19.7 Å². The van der Waals surface area contributed by atoms with Gasteiger partial charge in [0, 0.05) is 25.3 Å². The molecule has 0 aliphatic carbocycles. The van der Waals surface area contributed by atoms with Crippen LogP contribution in [0.3, 0.4) is 0 Å². The van der Waals surface area contributed by atoms with E-state index in [-0.39, 0.29) is 6.61 Å². The Kier molecular flexibility index (Phi) is 5.16. The molecule has 0 saturated carbocycles. The maximum absolute atomic E-state index is 9.06. The molecule has 2 aromatic rings. The molecule has 3 N–H and O–H groups in total. The van der Waals surface area contributed by atoms with E-state index in [1.54, 1.807) is 0 Å². The second-order valence-corrected chi connectivity index (χ2v) is 4.86. The smallest absolute Gasteiger partial charge is 0.0681 e. The lowest BCUT2D eigenvalue weighted by molar-refractivity contribution is 0.282. The van der Waals surface area contributed by atoms with E-state index in [4.69, 9.17) is 10.8 Å². The number of benzene rings is 2. The zero-order valence-electron chi connectivity index (χ0n) is 11.9. The fraction of sp³-hybridized carbons (Fsp3) is 0.294. The van der Waals surface area contributed by atoms with Crippen molar-refractivity contribution in [2.24, 2.45) is 5.73 Å². The molecule has 0 atom stereocenters. The van der Waals surface area contributed by atoms with E-state index < -0.39 is 0 Å². The number of nitrogens with two attached hydrogens (primary N) is 1. The summed E-state index contributed by atoms with van der Waals surface area (Å²) in [5, 5.41) is 9.06. The quantitative estimate of drug-likeness (QED) is 0.848. The van der Waals surface area contributed by atoms with Crippen LogP contribution in [0.2, 0.25) is 0 Å². The van der Waals surface area contributed by atoms with Gasteiger partial charge in [-0.15, -0.1) is 0 Å². The van der Waals surface area contributed by atoms with E-state index in [0.29, 0.717) is 6.54 Å². The summed E-state index contributed by atoms with van der Waals surface area (Å²) >= 11 is 0. The van der Waals surface area contributed by atoms with Crippen molar-refractivity contribution >= 4 is 5.69 Å². The third-order valence-electron chi connectivity index (χ3n) is 3.50. The molecule has 0 aliphatic heterocycles. The highest BCUT2D eigenvalue weighted by atomic mass is 16.3. The van der Waals surface area contributed by atoms with Crippen molar-refractivity contribution in [3.63, 3.8) is 0 Å². The topological polar surface area (TPSA) is 49.5 Å². The molecule has 0 bridgehead atoms. The van der Waals surface area contributed by atoms with Crippen LogP contribution in [0.25, 0.3) is 0 Å². The number of anilines is 1. The lowest BCUT2D eigenvalue weighted by Crippen LogP contribution is -2.21. The summed E-state index contributed by atoms with van der Waals surface area (Å²) in [5.41, 5.74) is 10.2. The van der Waals surface area contributed by atoms with Gasteiger partial charge in [-0.3, -0.25) is 0 Å². The van der Waals surface area contributed by atoms with Crippen LogP contribution in [0.5, 0.6) is 0 Å². The molecule has 2 rings (SSSR count). The van der Waals surface area contributed by atoms with E-state index in [2.05, 4.69) is 48.2 Å². The van der Waals surface area contributed by atoms with Gasteiger partial charge in [0.05, 0.1) is 6.61 Å². The molecular formula is C17H22N2O. The van der Waals surface area contributed by atoms with Gasteiger partial charge in [0.2, 0.25) is 0 Å². The third-order valence-corrected chi connectivity index (χ3v) is 3.50. The maximum Gasteiger partial charge on any atom is 0.0681 e. The molecule has 0 radical (unpaired) electrons. The third kappa shape index (κ3) is 3.59. The van der Waals surface area contributed by atoms with E-state index in [1.165, 1.54) is 11.3 Å². The van der Waals surface area contributed by atoms with Crippen LogP contribution in [-0.4, -0.2) is 11.7 Å². The molecular weight excluding hydrogens is 248 g/mol. The van der Waals surface area contributed by atoms with Gasteiger partial charge in [-0.1, -0.05) is 36.4 Å². The summed E-state index contributed by atoms with van der Waals surface area (Å²) in [5.74, 6) is 0. The van der Waals surface area contributed by atoms with Crippen molar-refractivity contribution in [1.82, 2.24) is 0 Å². The maximum atomic E-state index is 9.06. The normalized spacial score (nSPS) is 10.6. The van der Waals surface area contributed by atoms with Crippen LogP contribution in [0.4, 0.5) is 5.69 Å². The van der Waals surface area contributed by atoms with Crippen LogP contribution < -0.4 is 10.6 Å². The van der Waals surface area contributed by atoms with Crippen molar-refractivity contribution in [3.05, 3.63) is 65.2 Å². The molecule has 0 fully saturated rings. The highest BCUT2D eigenvalue weighted by Gasteiger charge is 2.05. The van der Waals surface area contributed by atoms with Gasteiger partial charge >= 0.3 is 0 Å². The van der Waals surface area contributed by atoms with Gasteiger partial charge in [0.1, 0.15) is 0 Å². The Morgan fingerprint density at radius 2 is 1.45 bits per heavy atom. The van der Waals surface area contributed by atoms with E-state index in [9.17, 15) is 0 Å². The van der Waals surface area contributed by atoms with E-state index in [1.807, 2.05) is 12.1 Å². The summed E-state index contributed by atoms with van der Waals surface area (Å²) in [6, 6.07) is 16.5. The fourth-order valence-electron chi connectivity index (χ4n) is 2.20. The fourth-order valence-corrected chi connectivity index (χ4v) is 2.20. The summed E-state index contributed by atoms with van der Waals surface area (Å²) in [7, 11) is 0. The Hall–Kier alpha value is -1.84. The van der Waals surface area contributed by atoms with Crippen LogP contribution in [0.15, 0.2) is 48.5 Å². The predicted octanol–water partition coefficient (Wildman–Crippen LogP) is 2.66. The van der Waals surface area contributed by atoms with Gasteiger partial charge in [0.25, 0.3) is 0 Å². The van der Waals surface area contributed by atoms with Gasteiger partial charge in [0.15, 0.2) is 0 Å². The number of rotatable bonds is 6. The van der Waals surface area contributed by atoms with Crippen LogP contribution in [0, 0.1) is 0 Å². The molecule has 0 saturated heterocycles. The molecule has 2 aromatic carbocycles. The number of aliphatic hydroxyl groups excluding tert-OH is 1. The highest BCUT2D eigenvalue weighted by Crippen LogP contribution is 2.18. The summed E-state index contributed by atoms with van der Waals surface area (Å²) in [4.78, 5) is 2.31. The van der Waals surface area contributed by atoms with Crippen molar-refractivity contribution in [1.29, 1.82) is 0 Å². The second-order valence-electron chi connectivity index (χ2n) is 4.86. The molecule has 3 heteroatoms. The van der Waals surface area contributed by atoms with Crippen molar-refractivity contribution in [2.75, 3.05) is 11.4 Å². The Morgan fingerprint density at radius 1 is 0.900 bits per heavy atom. The number of nitrogens with zero attached hydrogens (tertiary/aromatic N) is 1. The Morgan fingerprint density at radius 3 is 1.95 bits per heavy atom. The molecule has 0 aliphatic rings. The molecule has 20 heavy (non-hydrogen) atoms. The molecule has 0 aromatic heterocycles. The van der Waals surface area contributed by atoms with Crippen LogP contribution in [0.1, 0.15) is 23.6 Å². The van der Waals surface area contributed by atoms with Crippen LogP contribution >= 0.6 is 0 Å². The summed E-state index contributed by atoms with van der Waals surface area (Å²) in [6.07, 6.45) is 0. The van der Waals surface area contributed by atoms with Gasteiger partial charge in [-0.25, -0.2) is 0 Å². The first-order chi connectivity index (χ1) is 9.76. The highest BCUT2D eigenvalue weighted by molar-refractivity contribution is 5.48. The van der Waals surface area contributed by atoms with E-state index in [0.717, 1.165) is 24.2 Å². The monoisotopic (exact) mass is 270 g/mol. The molecule has 3 nitrogen and oxygen atoms in total. The minimum absolute atomic E-state index is 0.0956. The second kappa shape index (κ2) is 7.08. The molecule has 0 amide bonds. The standard InChI is InChI=1S/C17H22N2O/c1-2-19(17-9-7-14(11-18)8-10-17)12-15-3-5-16(13-20)6-4-15/h3-10,20H,2,11-13,18H2,1H3. The Bertz CT molecular complexity index is 520. The lowest BCUT2D eigenvalue weighted by Gasteiger charge is -2.23. The average Bonchev–Trinajstić information content (AvgIpc) is 2.53. The van der Waals surface area contributed by atoms with Crippen molar-refractivity contribution in [2.45, 2.75) is 26.6 Å². The Balaban J connectivity index is 2.10. The largest absolute Gasteiger partial charge is 0.392 e. The van der Waals surface area contributed by atoms with Gasteiger partial charge in [-0.05, 0) is 35.7 Å². The first kappa shape index (κ1) is 14.6. The van der Waals surface area contributed by atoms with Gasteiger partial charge in [-0.2, -0.15) is 0 Å². The summed E-state index contributed by atoms with van der Waals surface area (Å²) in [6.45, 7) is 4.64. The zero-order chi connectivity index (χ0) is 14.4. The number of hydrogen-bond acceptors (Lipinski definition) is 3. The average molecular weight is 270 g/mol. The summed E-state index contributed by atoms with van der Waals surface area (Å²) < 4.78 is 0. The minimum Gasteiger partial charge on any atom is -0.392 e. The number of aliphatic hydroxyl groups is 1. The minimum atomic E-state index is 0.0956. The number of hydrogen-bond donors (Lipinski definition) is 2. The van der Waals surface area contributed by atoms with E-state index >= 15 is 0 Å².